The first-order chi connectivity index (χ1) is 9.69. The number of likely N-dealkylation sites (N-methyl/N-ethyl adjacent to an activating group) is 1. The molecule has 1 amide bonds. The molecule has 0 saturated heterocycles. The summed E-state index contributed by atoms with van der Waals surface area (Å²) in [6.07, 6.45) is 0.823. The fourth-order valence-corrected chi connectivity index (χ4v) is 1.51. The van der Waals surface area contributed by atoms with Crippen LogP contribution in [0.25, 0.3) is 0 Å². The molecule has 0 unspecified atom stereocenters. The quantitative estimate of drug-likeness (QED) is 0.218. The summed E-state index contributed by atoms with van der Waals surface area (Å²) >= 11 is 0. The van der Waals surface area contributed by atoms with Crippen molar-refractivity contribution in [3.05, 3.63) is 23.7 Å². The van der Waals surface area contributed by atoms with Gasteiger partial charge in [0.1, 0.15) is 0 Å². The third-order valence-corrected chi connectivity index (χ3v) is 3.02. The number of hydrogen-bond acceptors (Lipinski definition) is 4. The molecule has 21 heavy (non-hydrogen) atoms. The molecule has 0 atom stereocenters. The van der Waals surface area contributed by atoms with Crippen LogP contribution in [0.4, 0.5) is 0 Å². The Balaban J connectivity index is 3.97. The number of nitrogens with one attached hydrogen (secondary N) is 1. The van der Waals surface area contributed by atoms with Crippen LogP contribution in [0.3, 0.4) is 0 Å². The second kappa shape index (κ2) is 9.03. The van der Waals surface area contributed by atoms with E-state index in [1.165, 1.54) is 6.92 Å². The van der Waals surface area contributed by atoms with Crippen LogP contribution in [-0.2, 0) is 9.53 Å². The normalized spacial score (nSPS) is 12.1. The van der Waals surface area contributed by atoms with E-state index in [-0.39, 0.29) is 18.1 Å². The van der Waals surface area contributed by atoms with Gasteiger partial charge in [0.15, 0.2) is 0 Å². The van der Waals surface area contributed by atoms with Crippen molar-refractivity contribution in [2.75, 3.05) is 40.3 Å². The van der Waals surface area contributed by atoms with E-state index in [0.29, 0.717) is 23.1 Å². The van der Waals surface area contributed by atoms with Crippen LogP contribution in [-0.4, -0.2) is 50.7 Å². The van der Waals surface area contributed by atoms with Crippen molar-refractivity contribution in [2.45, 2.75) is 20.3 Å². The van der Waals surface area contributed by atoms with E-state index >= 15 is 0 Å². The average molecular weight is 295 g/mol. The van der Waals surface area contributed by atoms with Gasteiger partial charge in [-0.15, -0.1) is 0 Å². The van der Waals surface area contributed by atoms with Crippen molar-refractivity contribution in [1.82, 2.24) is 5.32 Å². The first-order valence-corrected chi connectivity index (χ1v) is 6.86. The number of nitrogens with zero attached hydrogens (tertiary/aromatic N) is 2. The summed E-state index contributed by atoms with van der Waals surface area (Å²) < 4.78 is 5.68. The second-order valence-electron chi connectivity index (χ2n) is 5.65. The molecule has 0 rings (SSSR count). The molecule has 118 valence electrons. The van der Waals surface area contributed by atoms with Gasteiger partial charge < -0.3 is 19.6 Å². The van der Waals surface area contributed by atoms with E-state index < -0.39 is 5.95 Å². The fourth-order valence-electron chi connectivity index (χ4n) is 1.51. The summed E-state index contributed by atoms with van der Waals surface area (Å²) in [6, 6.07) is 1.76. The van der Waals surface area contributed by atoms with Crippen molar-refractivity contribution in [3.8, 4) is 6.07 Å². The Labute approximate surface area is 126 Å². The lowest BCUT2D eigenvalue weighted by atomic mass is 10.3. The van der Waals surface area contributed by atoms with Gasteiger partial charge in [0.05, 0.1) is 39.2 Å². The number of ether oxygens (including phenoxy) is 1. The van der Waals surface area contributed by atoms with Crippen LogP contribution in [0.5, 0.6) is 0 Å². The molecule has 0 saturated carbocycles. The Morgan fingerprint density at radius 3 is 2.52 bits per heavy atom. The number of allylic oxidation sites excluding steroid dienone is 1. The lowest BCUT2D eigenvalue weighted by molar-refractivity contribution is -0.890. The van der Waals surface area contributed by atoms with E-state index in [9.17, 15) is 9.90 Å². The van der Waals surface area contributed by atoms with Gasteiger partial charge in [0.2, 0.25) is 5.91 Å². The molecule has 0 aliphatic carbocycles. The summed E-state index contributed by atoms with van der Waals surface area (Å²) in [5.74, 6) is -0.692. The monoisotopic (exact) mass is 295 g/mol. The van der Waals surface area contributed by atoms with E-state index in [1.54, 1.807) is 13.0 Å². The summed E-state index contributed by atoms with van der Waals surface area (Å²) in [7, 11) is 4.05. The Hall–Kier alpha value is -2.00. The highest BCUT2D eigenvalue weighted by Gasteiger charge is 2.13. The number of quaternary nitrogens is 1. The molecule has 6 heteroatoms. The smallest absolute Gasteiger partial charge is 0.246 e. The van der Waals surface area contributed by atoms with Gasteiger partial charge in [0, 0.05) is 30.7 Å². The van der Waals surface area contributed by atoms with Crippen molar-refractivity contribution in [2.24, 2.45) is 0 Å². The Kier molecular flexibility index (Phi) is 8.17. The molecule has 0 fully saturated rings. The minimum atomic E-state index is -0.564. The molecule has 0 heterocycles. The largest absolute Gasteiger partial charge is 0.607 e. The van der Waals surface area contributed by atoms with Gasteiger partial charge in [-0.3, -0.25) is 4.79 Å². The van der Waals surface area contributed by atoms with Crippen LogP contribution in [0.1, 0.15) is 20.3 Å². The van der Waals surface area contributed by atoms with Gasteiger partial charge in [-0.05, 0) is 13.8 Å². The number of hydrogen-bond donors (Lipinski definition) is 1. The van der Waals surface area contributed by atoms with Gasteiger partial charge in [0.25, 0.3) is 0 Å². The summed E-state index contributed by atoms with van der Waals surface area (Å²) in [5, 5.41) is 22.7. The van der Waals surface area contributed by atoms with Crippen LogP contribution in [0.15, 0.2) is 23.7 Å². The van der Waals surface area contributed by atoms with E-state index in [4.69, 9.17) is 10.00 Å². The van der Waals surface area contributed by atoms with Crippen LogP contribution < -0.4 is 10.4 Å². The zero-order valence-electron chi connectivity index (χ0n) is 13.4. The maximum absolute atomic E-state index is 11.3. The fraction of sp³-hybridized carbons (Fsp3) is 0.600. The molecule has 0 aliphatic rings. The maximum atomic E-state index is 11.3. The van der Waals surface area contributed by atoms with Gasteiger partial charge in [-0.2, -0.15) is 5.26 Å². The number of amides is 1. The van der Waals surface area contributed by atoms with E-state index in [1.807, 2.05) is 14.1 Å². The van der Waals surface area contributed by atoms with E-state index in [2.05, 4.69) is 11.9 Å². The van der Waals surface area contributed by atoms with E-state index in [0.717, 1.165) is 13.0 Å². The van der Waals surface area contributed by atoms with Crippen molar-refractivity contribution >= 4 is 5.91 Å². The lowest BCUT2D eigenvalue weighted by Gasteiger charge is -2.31. The first kappa shape index (κ1) is 19.0. The van der Waals surface area contributed by atoms with Crippen LogP contribution >= 0.6 is 0 Å². The first-order valence-electron chi connectivity index (χ1n) is 6.86. The van der Waals surface area contributed by atoms with Gasteiger partial charge in [-0.25, -0.2) is 0 Å². The minimum Gasteiger partial charge on any atom is -0.607 e. The van der Waals surface area contributed by atoms with Gasteiger partial charge >= 0.3 is 0 Å². The van der Waals surface area contributed by atoms with Crippen molar-refractivity contribution in [3.63, 3.8) is 0 Å². The molecule has 1 N–H and O–H groups in total. The average Bonchev–Trinajstić information content (AvgIpc) is 2.41. The molecule has 0 aromatic rings. The zero-order chi connectivity index (χ0) is 16.5. The van der Waals surface area contributed by atoms with Crippen LogP contribution in [0, 0.1) is 11.3 Å². The predicted octanol–water partition coefficient (Wildman–Crippen LogP) is 0.277. The number of carbonyl (C=O) groups is 1. The Morgan fingerprint density at radius 2 is 2.00 bits per heavy atom. The third kappa shape index (κ3) is 8.71. The highest BCUT2D eigenvalue weighted by atomic mass is 16.6. The summed E-state index contributed by atoms with van der Waals surface area (Å²) in [4.78, 5) is 11.3. The third-order valence-electron chi connectivity index (χ3n) is 3.02. The topological polar surface area (TPSA) is 85.2 Å². The van der Waals surface area contributed by atoms with Crippen molar-refractivity contribution in [1.29, 1.82) is 5.26 Å². The molecule has 0 aliphatic heterocycles. The number of rotatable bonds is 9. The Morgan fingerprint density at radius 1 is 1.38 bits per heavy atom. The molecule has 0 aromatic carbocycles. The number of carbonyl (C=O) groups excluding carboxylic acids is 1. The summed E-state index contributed by atoms with van der Waals surface area (Å²) in [6.45, 7) is 9.03. The standard InChI is InChI=1S/C15H25N3O3/c1-12(2)14(19)17-7-6-8-18(4,5)9-10-21-15(20)13(3)11-16/h1,6-10H2,2-5H3,(H-,17,19,20)/b15-13-. The molecule has 0 bridgehead atoms. The zero-order valence-corrected chi connectivity index (χ0v) is 13.4. The SMILES string of the molecule is C=C(C)C(=O)NCCC[N+](C)(C)CCO/C([O-])=C(/C)C#N. The predicted molar refractivity (Wildman–Crippen MR) is 78.5 cm³/mol. The molecular formula is C15H25N3O3. The molecule has 6 nitrogen and oxygen atoms in total. The highest BCUT2D eigenvalue weighted by molar-refractivity contribution is 5.91. The molecule has 0 radical (unpaired) electrons. The molecule has 0 spiro atoms. The Bertz CT molecular complexity index is 448. The number of nitriles is 1. The minimum absolute atomic E-state index is 0.0582. The van der Waals surface area contributed by atoms with Gasteiger partial charge in [-0.1, -0.05) is 6.58 Å². The van der Waals surface area contributed by atoms with Crippen molar-refractivity contribution < 1.29 is 19.1 Å². The lowest BCUT2D eigenvalue weighted by Crippen LogP contribution is -2.44. The maximum Gasteiger partial charge on any atom is 0.246 e. The molecular weight excluding hydrogens is 270 g/mol. The molecule has 0 aromatic heterocycles. The van der Waals surface area contributed by atoms with Crippen LogP contribution in [0.2, 0.25) is 0 Å². The highest BCUT2D eigenvalue weighted by Crippen LogP contribution is 2.02. The summed E-state index contributed by atoms with van der Waals surface area (Å²) in [5.41, 5.74) is 0.558. The second-order valence-corrected chi connectivity index (χ2v) is 5.65.